The average Bonchev–Trinajstić information content (AvgIpc) is 2.44. The predicted molar refractivity (Wildman–Crippen MR) is 80.6 cm³/mol. The number of hydrogen-bond donors (Lipinski definition) is 1. The van der Waals surface area contributed by atoms with E-state index in [1.807, 2.05) is 38.1 Å². The molecule has 1 heterocycles. The van der Waals surface area contributed by atoms with Crippen LogP contribution in [0, 0.1) is 6.92 Å². The van der Waals surface area contributed by atoms with Gasteiger partial charge in [0.1, 0.15) is 11.6 Å². The van der Waals surface area contributed by atoms with Gasteiger partial charge in [-0.25, -0.2) is 9.97 Å². The van der Waals surface area contributed by atoms with E-state index in [2.05, 4.69) is 31.2 Å². The van der Waals surface area contributed by atoms with Gasteiger partial charge in [0.25, 0.3) is 0 Å². The van der Waals surface area contributed by atoms with E-state index in [9.17, 15) is 0 Å². The van der Waals surface area contributed by atoms with Gasteiger partial charge in [-0.15, -0.1) is 0 Å². The molecule has 0 aliphatic heterocycles. The lowest BCUT2D eigenvalue weighted by Gasteiger charge is -2.10. The molecule has 5 heteroatoms. The maximum atomic E-state index is 5.23. The zero-order chi connectivity index (χ0) is 13.8. The van der Waals surface area contributed by atoms with Crippen molar-refractivity contribution in [2.45, 2.75) is 13.8 Å². The summed E-state index contributed by atoms with van der Waals surface area (Å²) in [5, 5.41) is 3.23. The fourth-order valence-corrected chi connectivity index (χ4v) is 2.05. The first-order valence-corrected chi connectivity index (χ1v) is 6.87. The second kappa shape index (κ2) is 6.02. The van der Waals surface area contributed by atoms with Gasteiger partial charge in [0.05, 0.1) is 17.3 Å². The highest BCUT2D eigenvalue weighted by Gasteiger charge is 2.10. The average molecular weight is 322 g/mol. The standard InChI is InChI=1S/C14H16BrN3O/c1-4-16-14-12(15)9(2)17-13(18-14)10-6-5-7-11(8-10)19-3/h5-8H,4H2,1-3H3,(H,16,17,18). The molecule has 0 bridgehead atoms. The van der Waals surface area contributed by atoms with E-state index in [4.69, 9.17) is 4.74 Å². The molecule has 0 aliphatic rings. The number of rotatable bonds is 4. The van der Waals surface area contributed by atoms with E-state index >= 15 is 0 Å². The largest absolute Gasteiger partial charge is 0.497 e. The number of methoxy groups -OCH3 is 1. The van der Waals surface area contributed by atoms with Crippen LogP contribution in [0.25, 0.3) is 11.4 Å². The molecule has 0 fully saturated rings. The van der Waals surface area contributed by atoms with Crippen LogP contribution in [0.3, 0.4) is 0 Å². The fraction of sp³-hybridized carbons (Fsp3) is 0.286. The molecule has 2 aromatic rings. The highest BCUT2D eigenvalue weighted by atomic mass is 79.9. The minimum atomic E-state index is 0.690. The Morgan fingerprint density at radius 3 is 2.79 bits per heavy atom. The third-order valence-electron chi connectivity index (χ3n) is 2.69. The highest BCUT2D eigenvalue weighted by Crippen LogP contribution is 2.28. The van der Waals surface area contributed by atoms with Crippen molar-refractivity contribution in [3.63, 3.8) is 0 Å². The highest BCUT2D eigenvalue weighted by molar-refractivity contribution is 9.10. The first kappa shape index (κ1) is 13.8. The molecule has 0 spiro atoms. The number of anilines is 1. The Morgan fingerprint density at radius 2 is 2.11 bits per heavy atom. The van der Waals surface area contributed by atoms with Crippen LogP contribution in [-0.4, -0.2) is 23.6 Å². The fourth-order valence-electron chi connectivity index (χ4n) is 1.74. The van der Waals surface area contributed by atoms with Gasteiger partial charge in [0, 0.05) is 12.1 Å². The number of aromatic nitrogens is 2. The molecule has 1 aromatic heterocycles. The number of halogens is 1. The number of ether oxygens (including phenoxy) is 1. The summed E-state index contributed by atoms with van der Waals surface area (Å²) >= 11 is 3.50. The van der Waals surface area contributed by atoms with E-state index in [1.54, 1.807) is 7.11 Å². The van der Waals surface area contributed by atoms with Gasteiger partial charge < -0.3 is 10.1 Å². The van der Waals surface area contributed by atoms with Crippen molar-refractivity contribution in [1.82, 2.24) is 9.97 Å². The third kappa shape index (κ3) is 3.04. The minimum Gasteiger partial charge on any atom is -0.497 e. The van der Waals surface area contributed by atoms with E-state index < -0.39 is 0 Å². The van der Waals surface area contributed by atoms with Gasteiger partial charge >= 0.3 is 0 Å². The first-order valence-electron chi connectivity index (χ1n) is 6.08. The normalized spacial score (nSPS) is 10.3. The van der Waals surface area contributed by atoms with Crippen molar-refractivity contribution in [1.29, 1.82) is 0 Å². The van der Waals surface area contributed by atoms with Gasteiger partial charge in [-0.2, -0.15) is 0 Å². The monoisotopic (exact) mass is 321 g/mol. The summed E-state index contributed by atoms with van der Waals surface area (Å²) < 4.78 is 6.13. The first-order chi connectivity index (χ1) is 9.15. The Balaban J connectivity index is 2.49. The zero-order valence-electron chi connectivity index (χ0n) is 11.2. The summed E-state index contributed by atoms with van der Waals surface area (Å²) in [6.07, 6.45) is 0. The Bertz CT molecular complexity index is 587. The summed E-state index contributed by atoms with van der Waals surface area (Å²) in [7, 11) is 1.65. The summed E-state index contributed by atoms with van der Waals surface area (Å²) in [5.41, 5.74) is 1.85. The molecule has 100 valence electrons. The molecule has 19 heavy (non-hydrogen) atoms. The topological polar surface area (TPSA) is 47.0 Å². The Kier molecular flexibility index (Phi) is 4.37. The Hall–Kier alpha value is -1.62. The predicted octanol–water partition coefficient (Wildman–Crippen LogP) is 3.65. The number of nitrogens with zero attached hydrogens (tertiary/aromatic N) is 2. The van der Waals surface area contributed by atoms with E-state index in [0.717, 1.165) is 33.8 Å². The molecule has 0 radical (unpaired) electrons. The van der Waals surface area contributed by atoms with Crippen LogP contribution in [0.15, 0.2) is 28.7 Å². The maximum Gasteiger partial charge on any atom is 0.161 e. The van der Waals surface area contributed by atoms with Crippen LogP contribution < -0.4 is 10.1 Å². The van der Waals surface area contributed by atoms with Crippen LogP contribution in [0.5, 0.6) is 5.75 Å². The third-order valence-corrected chi connectivity index (χ3v) is 3.64. The zero-order valence-corrected chi connectivity index (χ0v) is 12.8. The smallest absolute Gasteiger partial charge is 0.161 e. The maximum absolute atomic E-state index is 5.23. The number of aryl methyl sites for hydroxylation is 1. The molecule has 0 amide bonds. The van der Waals surface area contributed by atoms with Crippen LogP contribution in [-0.2, 0) is 0 Å². The second-order valence-electron chi connectivity index (χ2n) is 4.06. The number of benzene rings is 1. The lowest BCUT2D eigenvalue weighted by Crippen LogP contribution is -2.04. The second-order valence-corrected chi connectivity index (χ2v) is 4.85. The molecular weight excluding hydrogens is 306 g/mol. The van der Waals surface area contributed by atoms with Crippen molar-refractivity contribution in [2.75, 3.05) is 19.0 Å². The van der Waals surface area contributed by atoms with Crippen LogP contribution in [0.1, 0.15) is 12.6 Å². The van der Waals surface area contributed by atoms with Crippen LogP contribution >= 0.6 is 15.9 Å². The molecule has 0 unspecified atom stereocenters. The van der Waals surface area contributed by atoms with E-state index in [1.165, 1.54) is 0 Å². The lowest BCUT2D eigenvalue weighted by atomic mass is 10.2. The Morgan fingerprint density at radius 1 is 1.32 bits per heavy atom. The molecule has 0 saturated heterocycles. The lowest BCUT2D eigenvalue weighted by molar-refractivity contribution is 0.415. The van der Waals surface area contributed by atoms with Gasteiger partial charge in [-0.3, -0.25) is 0 Å². The molecular formula is C14H16BrN3O. The molecule has 1 N–H and O–H groups in total. The van der Waals surface area contributed by atoms with Gasteiger partial charge in [-0.05, 0) is 41.9 Å². The summed E-state index contributed by atoms with van der Waals surface area (Å²) in [6.45, 7) is 4.80. The summed E-state index contributed by atoms with van der Waals surface area (Å²) in [4.78, 5) is 9.05. The van der Waals surface area contributed by atoms with E-state index in [0.29, 0.717) is 5.82 Å². The van der Waals surface area contributed by atoms with Gasteiger partial charge in [-0.1, -0.05) is 12.1 Å². The molecule has 0 saturated carbocycles. The van der Waals surface area contributed by atoms with Crippen LogP contribution in [0.4, 0.5) is 5.82 Å². The van der Waals surface area contributed by atoms with Crippen molar-refractivity contribution < 1.29 is 4.74 Å². The van der Waals surface area contributed by atoms with Gasteiger partial charge in [0.2, 0.25) is 0 Å². The summed E-state index contributed by atoms with van der Waals surface area (Å²) in [5.74, 6) is 2.30. The van der Waals surface area contributed by atoms with Crippen molar-refractivity contribution in [3.05, 3.63) is 34.4 Å². The SMILES string of the molecule is CCNc1nc(-c2cccc(OC)c2)nc(C)c1Br. The van der Waals surface area contributed by atoms with Crippen LogP contribution in [0.2, 0.25) is 0 Å². The molecule has 2 rings (SSSR count). The minimum absolute atomic E-state index is 0.690. The molecule has 4 nitrogen and oxygen atoms in total. The van der Waals surface area contributed by atoms with Gasteiger partial charge in [0.15, 0.2) is 5.82 Å². The van der Waals surface area contributed by atoms with Crippen molar-refractivity contribution in [2.24, 2.45) is 0 Å². The van der Waals surface area contributed by atoms with Crippen molar-refractivity contribution >= 4 is 21.7 Å². The van der Waals surface area contributed by atoms with E-state index in [-0.39, 0.29) is 0 Å². The molecule has 0 atom stereocenters. The quantitative estimate of drug-likeness (QED) is 0.933. The summed E-state index contributed by atoms with van der Waals surface area (Å²) in [6, 6.07) is 7.74. The Labute approximate surface area is 121 Å². The number of nitrogens with one attached hydrogen (secondary N) is 1. The van der Waals surface area contributed by atoms with Crippen molar-refractivity contribution in [3.8, 4) is 17.1 Å². The number of hydrogen-bond acceptors (Lipinski definition) is 4. The molecule has 1 aromatic carbocycles. The molecule has 0 aliphatic carbocycles.